The van der Waals surface area contributed by atoms with Crippen LogP contribution in [0.4, 0.5) is 4.39 Å². The molecule has 1 saturated heterocycles. The van der Waals surface area contributed by atoms with Crippen LogP contribution in [0.25, 0.3) is 0 Å². The molecular formula is C17H22FN3. The quantitative estimate of drug-likeness (QED) is 0.878. The molecule has 0 bridgehead atoms. The highest BCUT2D eigenvalue weighted by Gasteiger charge is 2.33. The van der Waals surface area contributed by atoms with E-state index in [0.717, 1.165) is 23.5 Å². The fourth-order valence-electron chi connectivity index (χ4n) is 3.27. The first-order chi connectivity index (χ1) is 10.1. The van der Waals surface area contributed by atoms with Crippen molar-refractivity contribution in [3.63, 3.8) is 0 Å². The number of halogens is 1. The molecule has 0 aromatic carbocycles. The van der Waals surface area contributed by atoms with Gasteiger partial charge in [0, 0.05) is 18.4 Å². The standard InChI is InChI=1S/C17H22FN3/c1-11-5-3-7-19-16(11)14-9-13(18)10-15(21-14)17-12(2)6-4-8-20-17/h3-7,13-15,20-21H,8-10H2,1-2H3/t13-,14+,15-/m1/s1. The molecule has 2 aliphatic heterocycles. The zero-order chi connectivity index (χ0) is 14.8. The number of aromatic nitrogens is 1. The van der Waals surface area contributed by atoms with Crippen molar-refractivity contribution in [1.82, 2.24) is 15.6 Å². The summed E-state index contributed by atoms with van der Waals surface area (Å²) in [5, 5.41) is 6.97. The van der Waals surface area contributed by atoms with E-state index in [9.17, 15) is 4.39 Å². The Bertz CT molecular complexity index is 579. The molecule has 1 aromatic heterocycles. The molecule has 0 saturated carbocycles. The molecule has 0 radical (unpaired) electrons. The van der Waals surface area contributed by atoms with Crippen LogP contribution in [0.3, 0.4) is 0 Å². The monoisotopic (exact) mass is 287 g/mol. The molecule has 0 aliphatic carbocycles. The highest BCUT2D eigenvalue weighted by molar-refractivity contribution is 5.32. The normalized spacial score (nSPS) is 29.4. The van der Waals surface area contributed by atoms with E-state index in [0.29, 0.717) is 12.8 Å². The first kappa shape index (κ1) is 14.3. The summed E-state index contributed by atoms with van der Waals surface area (Å²) < 4.78 is 14.2. The minimum Gasteiger partial charge on any atom is -0.383 e. The van der Waals surface area contributed by atoms with Gasteiger partial charge in [0.05, 0.1) is 17.8 Å². The molecule has 3 rings (SSSR count). The van der Waals surface area contributed by atoms with E-state index in [1.54, 1.807) is 6.20 Å². The average molecular weight is 287 g/mol. The second-order valence-electron chi connectivity index (χ2n) is 5.93. The second kappa shape index (κ2) is 5.98. The Morgan fingerprint density at radius 3 is 2.81 bits per heavy atom. The third-order valence-electron chi connectivity index (χ3n) is 4.32. The molecule has 2 N–H and O–H groups in total. The maximum absolute atomic E-state index is 14.2. The van der Waals surface area contributed by atoms with Gasteiger partial charge in [-0.3, -0.25) is 4.98 Å². The van der Waals surface area contributed by atoms with Crippen molar-refractivity contribution in [2.24, 2.45) is 0 Å². The van der Waals surface area contributed by atoms with Gasteiger partial charge in [0.1, 0.15) is 6.17 Å². The van der Waals surface area contributed by atoms with Crippen molar-refractivity contribution in [2.75, 3.05) is 6.54 Å². The molecular weight excluding hydrogens is 265 g/mol. The minimum atomic E-state index is -0.796. The van der Waals surface area contributed by atoms with Crippen LogP contribution in [0.15, 0.2) is 41.8 Å². The van der Waals surface area contributed by atoms with Gasteiger partial charge in [-0.25, -0.2) is 4.39 Å². The molecule has 1 aromatic rings. The topological polar surface area (TPSA) is 37.0 Å². The molecule has 0 unspecified atom stereocenters. The number of allylic oxidation sites excluding steroid dienone is 2. The largest absolute Gasteiger partial charge is 0.383 e. The molecule has 4 heteroatoms. The zero-order valence-corrected chi connectivity index (χ0v) is 12.6. The van der Waals surface area contributed by atoms with Gasteiger partial charge >= 0.3 is 0 Å². The second-order valence-corrected chi connectivity index (χ2v) is 5.93. The van der Waals surface area contributed by atoms with Crippen molar-refractivity contribution in [3.8, 4) is 0 Å². The summed E-state index contributed by atoms with van der Waals surface area (Å²) in [6.45, 7) is 4.92. The number of nitrogens with zero attached hydrogens (tertiary/aromatic N) is 1. The van der Waals surface area contributed by atoms with Crippen molar-refractivity contribution in [3.05, 3.63) is 53.0 Å². The van der Waals surface area contributed by atoms with Gasteiger partial charge < -0.3 is 10.6 Å². The number of rotatable bonds is 2. The molecule has 3 heterocycles. The Morgan fingerprint density at radius 2 is 2.05 bits per heavy atom. The van der Waals surface area contributed by atoms with Crippen molar-refractivity contribution in [2.45, 2.75) is 44.9 Å². The first-order valence-electron chi connectivity index (χ1n) is 7.58. The Morgan fingerprint density at radius 1 is 1.24 bits per heavy atom. The van der Waals surface area contributed by atoms with Gasteiger partial charge in [0.25, 0.3) is 0 Å². The highest BCUT2D eigenvalue weighted by Crippen LogP contribution is 2.31. The van der Waals surface area contributed by atoms with Crippen LogP contribution < -0.4 is 10.6 Å². The zero-order valence-electron chi connectivity index (χ0n) is 12.6. The van der Waals surface area contributed by atoms with Crippen LogP contribution in [0.5, 0.6) is 0 Å². The number of pyridine rings is 1. The van der Waals surface area contributed by atoms with E-state index < -0.39 is 6.17 Å². The summed E-state index contributed by atoms with van der Waals surface area (Å²) in [5.74, 6) is 0. The van der Waals surface area contributed by atoms with Crippen molar-refractivity contribution >= 4 is 0 Å². The van der Waals surface area contributed by atoms with Crippen molar-refractivity contribution in [1.29, 1.82) is 0 Å². The van der Waals surface area contributed by atoms with Crippen LogP contribution >= 0.6 is 0 Å². The van der Waals surface area contributed by atoms with Gasteiger partial charge in [0.15, 0.2) is 0 Å². The van der Waals surface area contributed by atoms with Gasteiger partial charge in [-0.15, -0.1) is 0 Å². The summed E-state index contributed by atoms with van der Waals surface area (Å²) in [6, 6.07) is 3.97. The number of dihydropyridines is 1. The van der Waals surface area contributed by atoms with E-state index in [-0.39, 0.29) is 12.1 Å². The fourth-order valence-corrected chi connectivity index (χ4v) is 3.27. The summed E-state index contributed by atoms with van der Waals surface area (Å²) in [6.07, 6.45) is 6.21. The number of hydrogen-bond donors (Lipinski definition) is 2. The summed E-state index contributed by atoms with van der Waals surface area (Å²) in [5.41, 5.74) is 4.39. The van der Waals surface area contributed by atoms with E-state index in [1.807, 2.05) is 19.1 Å². The summed E-state index contributed by atoms with van der Waals surface area (Å²) in [7, 11) is 0. The summed E-state index contributed by atoms with van der Waals surface area (Å²) >= 11 is 0. The smallest absolute Gasteiger partial charge is 0.104 e. The lowest BCUT2D eigenvalue weighted by Gasteiger charge is -2.36. The molecule has 3 nitrogen and oxygen atoms in total. The number of piperidine rings is 1. The lowest BCUT2D eigenvalue weighted by molar-refractivity contribution is 0.191. The SMILES string of the molecule is CC1=C([C@H]2C[C@H](F)C[C@@H](c3ncccc3C)N2)NCC=C1. The predicted molar refractivity (Wildman–Crippen MR) is 82.6 cm³/mol. The highest BCUT2D eigenvalue weighted by atomic mass is 19.1. The number of nitrogens with one attached hydrogen (secondary N) is 2. The molecule has 3 atom stereocenters. The average Bonchev–Trinajstić information content (AvgIpc) is 2.47. The third-order valence-corrected chi connectivity index (χ3v) is 4.32. The lowest BCUT2D eigenvalue weighted by Crippen LogP contribution is -2.46. The number of hydrogen-bond acceptors (Lipinski definition) is 3. The third kappa shape index (κ3) is 3.00. The summed E-state index contributed by atoms with van der Waals surface area (Å²) in [4.78, 5) is 4.46. The predicted octanol–water partition coefficient (Wildman–Crippen LogP) is 2.95. The molecule has 21 heavy (non-hydrogen) atoms. The van der Waals surface area contributed by atoms with Gasteiger partial charge in [-0.1, -0.05) is 18.2 Å². The Kier molecular flexibility index (Phi) is 4.06. The Balaban J connectivity index is 1.85. The number of alkyl halides is 1. The molecule has 1 fully saturated rings. The van der Waals surface area contributed by atoms with Gasteiger partial charge in [-0.05, 0) is 43.9 Å². The van der Waals surface area contributed by atoms with E-state index in [4.69, 9.17) is 0 Å². The molecule has 0 amide bonds. The van der Waals surface area contributed by atoms with Crippen LogP contribution in [-0.4, -0.2) is 23.7 Å². The van der Waals surface area contributed by atoms with Crippen LogP contribution in [0, 0.1) is 6.92 Å². The van der Waals surface area contributed by atoms with Crippen LogP contribution in [-0.2, 0) is 0 Å². The minimum absolute atomic E-state index is 0.0204. The van der Waals surface area contributed by atoms with Gasteiger partial charge in [-0.2, -0.15) is 0 Å². The van der Waals surface area contributed by atoms with E-state index in [2.05, 4.69) is 34.7 Å². The van der Waals surface area contributed by atoms with Crippen molar-refractivity contribution < 1.29 is 4.39 Å². The molecule has 2 aliphatic rings. The van der Waals surface area contributed by atoms with Gasteiger partial charge in [0.2, 0.25) is 0 Å². The lowest BCUT2D eigenvalue weighted by atomic mass is 9.90. The maximum Gasteiger partial charge on any atom is 0.104 e. The van der Waals surface area contributed by atoms with E-state index in [1.165, 1.54) is 5.57 Å². The first-order valence-corrected chi connectivity index (χ1v) is 7.58. The molecule has 112 valence electrons. The van der Waals surface area contributed by atoms with Crippen LogP contribution in [0.1, 0.15) is 37.1 Å². The Hall–Kier alpha value is -1.68. The fraction of sp³-hybridized carbons (Fsp3) is 0.471. The van der Waals surface area contributed by atoms with Crippen LogP contribution in [0.2, 0.25) is 0 Å². The van der Waals surface area contributed by atoms with E-state index >= 15 is 0 Å². The maximum atomic E-state index is 14.2. The Labute approximate surface area is 125 Å². The number of aryl methyl sites for hydroxylation is 1. The molecule has 0 spiro atoms.